The molecule has 7 nitrogen and oxygen atoms in total. The summed E-state index contributed by atoms with van der Waals surface area (Å²) in [6.07, 6.45) is -3.00. The lowest BCUT2D eigenvalue weighted by Crippen LogP contribution is -2.24. The number of thiazole rings is 1. The van der Waals surface area contributed by atoms with Gasteiger partial charge in [-0.3, -0.25) is 14.9 Å². The number of carbonyl (C=O) groups is 2. The molecule has 1 aromatic carbocycles. The molecular formula is C19H16F3N3O4S. The van der Waals surface area contributed by atoms with Crippen molar-refractivity contribution < 1.29 is 31.9 Å². The van der Waals surface area contributed by atoms with Crippen LogP contribution in [0.5, 0.6) is 5.75 Å². The molecule has 3 rings (SSSR count). The van der Waals surface area contributed by atoms with Crippen LogP contribution in [-0.2, 0) is 17.8 Å². The Morgan fingerprint density at radius 2 is 1.93 bits per heavy atom. The van der Waals surface area contributed by atoms with Crippen molar-refractivity contribution in [2.45, 2.75) is 19.1 Å². The highest BCUT2D eigenvalue weighted by Crippen LogP contribution is 2.19. The SMILES string of the molecule is O=C(Cc1csc(NC(=O)c2ccco2)n1)NCc1ccc(OCC(F)(F)F)cc1. The number of hydrogen-bond donors (Lipinski definition) is 2. The van der Waals surface area contributed by atoms with Crippen LogP contribution in [0.15, 0.2) is 52.5 Å². The zero-order valence-corrected chi connectivity index (χ0v) is 16.2. The molecule has 30 heavy (non-hydrogen) atoms. The van der Waals surface area contributed by atoms with Crippen LogP contribution in [0.2, 0.25) is 0 Å². The van der Waals surface area contributed by atoms with Crippen molar-refractivity contribution in [3.63, 3.8) is 0 Å². The van der Waals surface area contributed by atoms with E-state index in [1.807, 2.05) is 0 Å². The van der Waals surface area contributed by atoms with Crippen molar-refractivity contribution in [1.29, 1.82) is 0 Å². The molecule has 0 aliphatic carbocycles. The van der Waals surface area contributed by atoms with Crippen LogP contribution < -0.4 is 15.4 Å². The molecule has 2 amide bonds. The number of nitrogens with zero attached hydrogens (tertiary/aromatic N) is 1. The van der Waals surface area contributed by atoms with Crippen molar-refractivity contribution in [1.82, 2.24) is 10.3 Å². The predicted octanol–water partition coefficient (Wildman–Crippen LogP) is 3.79. The standard InChI is InChI=1S/C19H16F3N3O4S/c20-19(21,22)11-29-14-5-3-12(4-6-14)9-23-16(26)8-13-10-30-18(24-13)25-17(27)15-2-1-7-28-15/h1-7,10H,8-9,11H2,(H,23,26)(H,24,25,27). The number of anilines is 1. The highest BCUT2D eigenvalue weighted by Gasteiger charge is 2.28. The number of furan rings is 1. The first-order chi connectivity index (χ1) is 14.3. The van der Waals surface area contributed by atoms with Crippen LogP contribution in [0.4, 0.5) is 18.3 Å². The summed E-state index contributed by atoms with van der Waals surface area (Å²) in [4.78, 5) is 28.2. The number of rotatable bonds is 8. The van der Waals surface area contributed by atoms with Crippen LogP contribution in [0.3, 0.4) is 0 Å². The van der Waals surface area contributed by atoms with Gasteiger partial charge in [-0.25, -0.2) is 4.98 Å². The van der Waals surface area contributed by atoms with Crippen molar-refractivity contribution in [3.8, 4) is 5.75 Å². The Balaban J connectivity index is 1.43. The molecule has 0 fully saturated rings. The Morgan fingerprint density at radius 1 is 1.17 bits per heavy atom. The van der Waals surface area contributed by atoms with Gasteiger partial charge >= 0.3 is 6.18 Å². The summed E-state index contributed by atoms with van der Waals surface area (Å²) < 4.78 is 46.0. The van der Waals surface area contributed by atoms with Gasteiger partial charge in [0.25, 0.3) is 5.91 Å². The largest absolute Gasteiger partial charge is 0.484 e. The molecule has 0 spiro atoms. The fraction of sp³-hybridized carbons (Fsp3) is 0.211. The van der Waals surface area contributed by atoms with Gasteiger partial charge in [-0.05, 0) is 29.8 Å². The minimum Gasteiger partial charge on any atom is -0.484 e. The van der Waals surface area contributed by atoms with E-state index in [0.29, 0.717) is 16.4 Å². The van der Waals surface area contributed by atoms with E-state index in [4.69, 9.17) is 4.42 Å². The number of amides is 2. The fourth-order valence-corrected chi connectivity index (χ4v) is 3.01. The number of halogens is 3. The third-order valence-corrected chi connectivity index (χ3v) is 4.48. The van der Waals surface area contributed by atoms with E-state index in [0.717, 1.165) is 0 Å². The Labute approximate surface area is 172 Å². The first-order valence-electron chi connectivity index (χ1n) is 8.63. The van der Waals surface area contributed by atoms with Crippen LogP contribution >= 0.6 is 11.3 Å². The van der Waals surface area contributed by atoms with Gasteiger partial charge < -0.3 is 14.5 Å². The fourth-order valence-electron chi connectivity index (χ4n) is 2.31. The van der Waals surface area contributed by atoms with Crippen LogP contribution in [0.25, 0.3) is 0 Å². The first-order valence-corrected chi connectivity index (χ1v) is 9.51. The number of carbonyl (C=O) groups excluding carboxylic acids is 2. The van der Waals surface area contributed by atoms with Crippen LogP contribution in [0.1, 0.15) is 21.8 Å². The summed E-state index contributed by atoms with van der Waals surface area (Å²) in [5.41, 5.74) is 1.19. The zero-order valence-electron chi connectivity index (χ0n) is 15.4. The second-order valence-corrected chi connectivity index (χ2v) is 6.93. The number of alkyl halides is 3. The molecule has 0 radical (unpaired) electrons. The zero-order chi connectivity index (χ0) is 21.6. The summed E-state index contributed by atoms with van der Waals surface area (Å²) >= 11 is 1.18. The van der Waals surface area contributed by atoms with E-state index in [-0.39, 0.29) is 30.4 Å². The molecule has 0 aliphatic heterocycles. The Kier molecular flexibility index (Phi) is 6.72. The lowest BCUT2D eigenvalue weighted by Gasteiger charge is -2.10. The summed E-state index contributed by atoms with van der Waals surface area (Å²) in [7, 11) is 0. The first kappa shape index (κ1) is 21.4. The van der Waals surface area contributed by atoms with E-state index >= 15 is 0 Å². The van der Waals surface area contributed by atoms with Gasteiger partial charge in [-0.1, -0.05) is 12.1 Å². The molecule has 158 valence electrons. The number of aromatic nitrogens is 1. The predicted molar refractivity (Wildman–Crippen MR) is 102 cm³/mol. The van der Waals surface area contributed by atoms with E-state index < -0.39 is 18.7 Å². The lowest BCUT2D eigenvalue weighted by molar-refractivity contribution is -0.153. The van der Waals surface area contributed by atoms with E-state index in [2.05, 4.69) is 20.4 Å². The van der Waals surface area contributed by atoms with Crippen molar-refractivity contribution in [3.05, 3.63) is 65.1 Å². The second kappa shape index (κ2) is 9.44. The maximum Gasteiger partial charge on any atom is 0.422 e. The maximum absolute atomic E-state index is 12.1. The Morgan fingerprint density at radius 3 is 2.60 bits per heavy atom. The van der Waals surface area contributed by atoms with Gasteiger partial charge in [0, 0.05) is 11.9 Å². The van der Waals surface area contributed by atoms with Crippen LogP contribution in [0, 0.1) is 0 Å². The molecule has 2 aromatic heterocycles. The number of hydrogen-bond acceptors (Lipinski definition) is 6. The molecule has 2 heterocycles. The quantitative estimate of drug-likeness (QED) is 0.557. The van der Waals surface area contributed by atoms with Crippen molar-refractivity contribution >= 4 is 28.3 Å². The molecular weight excluding hydrogens is 423 g/mol. The molecule has 3 aromatic rings. The monoisotopic (exact) mass is 439 g/mol. The molecule has 11 heteroatoms. The Hall–Kier alpha value is -3.34. The molecule has 0 atom stereocenters. The minimum atomic E-state index is -4.40. The average Bonchev–Trinajstić information content (AvgIpc) is 3.37. The third kappa shape index (κ3) is 6.62. The van der Waals surface area contributed by atoms with Gasteiger partial charge in [0.05, 0.1) is 18.4 Å². The van der Waals surface area contributed by atoms with Gasteiger partial charge in [0.2, 0.25) is 5.91 Å². The highest BCUT2D eigenvalue weighted by molar-refractivity contribution is 7.14. The third-order valence-electron chi connectivity index (χ3n) is 3.67. The van der Waals surface area contributed by atoms with Crippen molar-refractivity contribution in [2.75, 3.05) is 11.9 Å². The Bertz CT molecular complexity index is 985. The van der Waals surface area contributed by atoms with Crippen molar-refractivity contribution in [2.24, 2.45) is 0 Å². The summed E-state index contributed by atoms with van der Waals surface area (Å²) in [5.74, 6) is -0.483. The average molecular weight is 439 g/mol. The van der Waals surface area contributed by atoms with Gasteiger partial charge in [-0.15, -0.1) is 11.3 Å². The van der Waals surface area contributed by atoms with Gasteiger partial charge in [0.15, 0.2) is 17.5 Å². The maximum atomic E-state index is 12.1. The van der Waals surface area contributed by atoms with Gasteiger partial charge in [-0.2, -0.15) is 13.2 Å². The lowest BCUT2D eigenvalue weighted by atomic mass is 10.2. The smallest absolute Gasteiger partial charge is 0.422 e. The summed E-state index contributed by atoms with van der Waals surface area (Å²) in [6, 6.07) is 9.05. The molecule has 0 bridgehead atoms. The van der Waals surface area contributed by atoms with Crippen LogP contribution in [-0.4, -0.2) is 29.6 Å². The highest BCUT2D eigenvalue weighted by atomic mass is 32.1. The molecule has 0 aliphatic rings. The minimum absolute atomic E-state index is 0.0138. The normalized spacial score (nSPS) is 11.2. The second-order valence-electron chi connectivity index (χ2n) is 6.08. The molecule has 0 saturated carbocycles. The summed E-state index contributed by atoms with van der Waals surface area (Å²) in [5, 5.41) is 7.28. The van der Waals surface area contributed by atoms with E-state index in [1.165, 1.54) is 35.8 Å². The molecule has 0 unspecified atom stereocenters. The number of ether oxygens (including phenoxy) is 1. The molecule has 2 N–H and O–H groups in total. The summed E-state index contributed by atoms with van der Waals surface area (Å²) in [6.45, 7) is -1.16. The topological polar surface area (TPSA) is 93.5 Å². The number of benzene rings is 1. The van der Waals surface area contributed by atoms with Gasteiger partial charge in [0.1, 0.15) is 5.75 Å². The molecule has 0 saturated heterocycles. The van der Waals surface area contributed by atoms with E-state index in [1.54, 1.807) is 23.6 Å². The van der Waals surface area contributed by atoms with E-state index in [9.17, 15) is 22.8 Å². The number of nitrogens with one attached hydrogen (secondary N) is 2.